The molecule has 0 radical (unpaired) electrons. The molecule has 2 N–H and O–H groups in total. The lowest BCUT2D eigenvalue weighted by molar-refractivity contribution is 0.577. The van der Waals surface area contributed by atoms with Gasteiger partial charge in [0.25, 0.3) is 0 Å². The summed E-state index contributed by atoms with van der Waals surface area (Å²) in [5.41, 5.74) is 1.56. The summed E-state index contributed by atoms with van der Waals surface area (Å²) in [6.45, 7) is 0. The summed E-state index contributed by atoms with van der Waals surface area (Å²) in [7, 11) is 0. The first-order chi connectivity index (χ1) is 5.57. The summed E-state index contributed by atoms with van der Waals surface area (Å²) in [5, 5.41) is 0. The van der Waals surface area contributed by atoms with Crippen LogP contribution in [0, 0.1) is 11.6 Å². The Morgan fingerprint density at radius 1 is 1.78 bits per heavy atom. The molecule has 0 fully saturated rings. The van der Waals surface area contributed by atoms with E-state index in [-0.39, 0.29) is 0 Å². The Hall–Kier alpha value is -1.19. The topological polar surface area (TPSA) is 38.9 Å². The summed E-state index contributed by atoms with van der Waals surface area (Å²) in [5.74, 6) is -3.21. The van der Waals surface area contributed by atoms with Gasteiger partial charge in [0.1, 0.15) is 5.82 Å². The maximum atomic E-state index is 12.7. The van der Waals surface area contributed by atoms with Crippen molar-refractivity contribution in [3.8, 4) is 0 Å². The van der Waals surface area contributed by atoms with E-state index in [1.807, 2.05) is 0 Å². The Kier molecular flexibility index (Phi) is 0.677. The molecular weight excluding hydrogens is 126 g/mol. The van der Waals surface area contributed by atoms with E-state index in [2.05, 4.69) is 4.98 Å². The third-order valence-electron chi connectivity index (χ3n) is 0.693. The minimum Gasteiger partial charge on any atom is -0.381 e. The van der Waals surface area contributed by atoms with Gasteiger partial charge in [0.05, 0.1) is 8.91 Å². The van der Waals surface area contributed by atoms with Crippen LogP contribution < -0.4 is 5.73 Å². The molecule has 1 aromatic rings. The lowest BCUT2D eigenvalue weighted by Crippen LogP contribution is -1.94. The number of rotatable bonds is 1. The number of hydrogen-bond acceptors (Lipinski definition) is 2. The van der Waals surface area contributed by atoms with Gasteiger partial charge in [-0.3, -0.25) is 0 Å². The van der Waals surface area contributed by atoms with Crippen LogP contribution in [0.15, 0.2) is 12.2 Å². The number of pyridine rings is 1. The first kappa shape index (κ1) is 3.10. The normalized spacial score (nSPS) is 13.8. The Morgan fingerprint density at radius 2 is 2.56 bits per heavy atom. The highest BCUT2D eigenvalue weighted by Crippen LogP contribution is 2.05. The van der Waals surface area contributed by atoms with Crippen molar-refractivity contribution in [2.75, 3.05) is 5.73 Å². The van der Waals surface area contributed by atoms with Crippen molar-refractivity contribution in [2.45, 2.75) is 0 Å². The van der Waals surface area contributed by atoms with Crippen molar-refractivity contribution in [2.24, 2.45) is 0 Å². The molecule has 9 heavy (non-hydrogen) atoms. The van der Waals surface area contributed by atoms with E-state index >= 15 is 0 Å². The van der Waals surface area contributed by atoms with Gasteiger partial charge in [-0.2, -0.15) is 0 Å². The lowest BCUT2D eigenvalue weighted by Gasteiger charge is -1.91. The molecule has 0 aliphatic heterocycles. The Morgan fingerprint density at radius 3 is 3.22 bits per heavy atom. The molecule has 48 valence electrons. The Balaban J connectivity index is 3.39. The van der Waals surface area contributed by atoms with Crippen LogP contribution in [0.1, 0.15) is 2.74 Å². The van der Waals surface area contributed by atoms with Crippen LogP contribution >= 0.6 is 0 Å². The third-order valence-corrected chi connectivity index (χ3v) is 0.693. The average Bonchev–Trinajstić information content (AvgIpc) is 2.08. The van der Waals surface area contributed by atoms with E-state index in [0.29, 0.717) is 0 Å². The van der Waals surface area contributed by atoms with E-state index in [4.69, 9.17) is 4.15 Å². The highest BCUT2D eigenvalue weighted by molar-refractivity contribution is 5.28. The summed E-state index contributed by atoms with van der Waals surface area (Å²) in [6, 6.07) is -1.05. The maximum absolute atomic E-state index is 12.7. The van der Waals surface area contributed by atoms with Gasteiger partial charge in [-0.1, -0.05) is 0 Å². The predicted molar refractivity (Wildman–Crippen MR) is 28.6 cm³/mol. The summed E-state index contributed by atoms with van der Waals surface area (Å²) < 4.78 is 45.3. The molecular formula is C5H4F2N2. The standard InChI is InChI=1S/C5H4F2N2/c6-3-1-4(7)5(8)9-2-3/h1-2H,(H2,8,9)/i1D,2D/hD. The molecule has 1 rings (SSSR count). The van der Waals surface area contributed by atoms with Gasteiger partial charge >= 0.3 is 0 Å². The number of halogens is 2. The molecule has 4 heteroatoms. The number of nitrogens with two attached hydrogens (primary N) is 1. The number of anilines is 1. The van der Waals surface area contributed by atoms with Crippen LogP contribution in [0.5, 0.6) is 0 Å². The van der Waals surface area contributed by atoms with Crippen molar-refractivity contribution >= 4 is 5.82 Å². The molecule has 1 heterocycles. The fraction of sp³-hybridized carbons (Fsp3) is 0. The second kappa shape index (κ2) is 1.97. The highest BCUT2D eigenvalue weighted by Gasteiger charge is 1.98. The molecule has 0 atom stereocenters. The first-order valence-electron chi connectivity index (χ1n) is 3.58. The second-order valence-electron chi connectivity index (χ2n) is 1.33. The molecule has 0 unspecified atom stereocenters. The first-order valence-corrected chi connectivity index (χ1v) is 2.08. The molecule has 0 saturated carbocycles. The van der Waals surface area contributed by atoms with E-state index < -0.39 is 29.7 Å². The smallest absolute Gasteiger partial charge is 0.168 e. The SMILES string of the molecule is [2H]Nc1nc([2H])c(F)c([2H])c1F. The molecule has 0 aromatic carbocycles. The fourth-order valence-corrected chi connectivity index (χ4v) is 0.338. The van der Waals surface area contributed by atoms with E-state index in [1.165, 1.54) is 0 Å². The van der Waals surface area contributed by atoms with E-state index in [9.17, 15) is 8.78 Å². The minimum absolute atomic E-state index is 0.619. The number of nitrogens with zero attached hydrogens (tertiary/aromatic N) is 1. The van der Waals surface area contributed by atoms with Crippen molar-refractivity contribution < 1.29 is 12.9 Å². The lowest BCUT2D eigenvalue weighted by atomic mass is 10.4. The Labute approximate surface area is 54.6 Å². The van der Waals surface area contributed by atoms with Gasteiger partial charge in [0.15, 0.2) is 13.0 Å². The molecule has 2 nitrogen and oxygen atoms in total. The van der Waals surface area contributed by atoms with Gasteiger partial charge in [-0.05, 0) is 0 Å². The van der Waals surface area contributed by atoms with Crippen molar-refractivity contribution in [1.82, 2.24) is 4.98 Å². The minimum atomic E-state index is -1.33. The van der Waals surface area contributed by atoms with Crippen LogP contribution in [0.3, 0.4) is 0 Å². The monoisotopic (exact) mass is 133 g/mol. The number of nitrogen functional groups attached to an aromatic ring is 1. The molecule has 1 aromatic heterocycles. The zero-order valence-electron chi connectivity index (χ0n) is 7.20. The average molecular weight is 133 g/mol. The van der Waals surface area contributed by atoms with Gasteiger partial charge in [-0.15, -0.1) is 0 Å². The second-order valence-corrected chi connectivity index (χ2v) is 1.33. The summed E-state index contributed by atoms with van der Waals surface area (Å²) in [4.78, 5) is 3.05. The third kappa shape index (κ3) is 1.13. The van der Waals surface area contributed by atoms with Crippen LogP contribution in [0.2, 0.25) is 1.41 Å². The van der Waals surface area contributed by atoms with E-state index in [0.717, 1.165) is 0 Å². The van der Waals surface area contributed by atoms with Crippen LogP contribution in [-0.2, 0) is 0 Å². The molecule has 0 spiro atoms. The van der Waals surface area contributed by atoms with Gasteiger partial charge in [-0.25, -0.2) is 13.8 Å². The largest absolute Gasteiger partial charge is 0.381 e. The molecule has 0 aliphatic carbocycles. The van der Waals surface area contributed by atoms with Gasteiger partial charge in [0.2, 0.25) is 0 Å². The molecule has 0 aliphatic rings. The highest BCUT2D eigenvalue weighted by atomic mass is 19.1. The zero-order chi connectivity index (χ0) is 9.30. The van der Waals surface area contributed by atoms with Gasteiger partial charge in [0, 0.05) is 6.04 Å². The van der Waals surface area contributed by atoms with Crippen molar-refractivity contribution in [1.29, 1.82) is 0 Å². The Bertz CT molecular complexity index is 318. The van der Waals surface area contributed by atoms with Crippen LogP contribution in [0.4, 0.5) is 14.6 Å². The van der Waals surface area contributed by atoms with Crippen LogP contribution in [0.25, 0.3) is 0 Å². The van der Waals surface area contributed by atoms with E-state index in [1.54, 1.807) is 5.73 Å². The van der Waals surface area contributed by atoms with Crippen LogP contribution in [-0.4, -0.2) is 4.98 Å². The van der Waals surface area contributed by atoms with Gasteiger partial charge < -0.3 is 5.73 Å². The molecule has 0 amide bonds. The zero-order valence-corrected chi connectivity index (χ0v) is 4.20. The predicted octanol–water partition coefficient (Wildman–Crippen LogP) is 0.942. The van der Waals surface area contributed by atoms with Crippen molar-refractivity contribution in [3.05, 3.63) is 23.8 Å². The fourth-order valence-electron chi connectivity index (χ4n) is 0.338. The summed E-state index contributed by atoms with van der Waals surface area (Å²) >= 11 is 0. The van der Waals surface area contributed by atoms with Crippen molar-refractivity contribution in [3.63, 3.8) is 0 Å². The summed E-state index contributed by atoms with van der Waals surface area (Å²) in [6.07, 6.45) is -0.851. The molecule has 0 saturated heterocycles. The number of hydrogen-bond donors (Lipinski definition) is 1. The number of aromatic nitrogens is 1. The molecule has 0 bridgehead atoms. The maximum Gasteiger partial charge on any atom is 0.168 e. The quantitative estimate of drug-likeness (QED) is 0.619.